The topological polar surface area (TPSA) is 89.8 Å². The molecule has 0 bridgehead atoms. The highest BCUT2D eigenvalue weighted by molar-refractivity contribution is 6.00. The van der Waals surface area contributed by atoms with Crippen LogP contribution in [-0.2, 0) is 4.79 Å². The first-order chi connectivity index (χ1) is 18.2. The van der Waals surface area contributed by atoms with Gasteiger partial charge in [-0.15, -0.1) is 0 Å². The summed E-state index contributed by atoms with van der Waals surface area (Å²) < 4.78 is 13.3. The van der Waals surface area contributed by atoms with Gasteiger partial charge in [-0.25, -0.2) is 4.68 Å². The van der Waals surface area contributed by atoms with Crippen molar-refractivity contribution in [3.05, 3.63) is 90.9 Å². The largest absolute Gasteiger partial charge is 0.485 e. The molecule has 2 aliphatic heterocycles. The first-order valence-electron chi connectivity index (χ1n) is 12.2. The van der Waals surface area contributed by atoms with Crippen molar-refractivity contribution in [3.8, 4) is 28.4 Å². The fourth-order valence-electron chi connectivity index (χ4n) is 4.60. The van der Waals surface area contributed by atoms with E-state index in [0.717, 1.165) is 11.3 Å². The van der Waals surface area contributed by atoms with Gasteiger partial charge in [0, 0.05) is 50.3 Å². The third-order valence-corrected chi connectivity index (χ3v) is 6.56. The molecule has 0 saturated carbocycles. The van der Waals surface area contributed by atoms with Crippen LogP contribution in [0.3, 0.4) is 0 Å². The lowest BCUT2D eigenvalue weighted by Gasteiger charge is -2.37. The Morgan fingerprint density at radius 2 is 1.57 bits per heavy atom. The fourth-order valence-corrected chi connectivity index (χ4v) is 4.60. The van der Waals surface area contributed by atoms with Crippen LogP contribution in [0.4, 0.5) is 0 Å². The predicted octanol–water partition coefficient (Wildman–Crippen LogP) is 3.06. The molecule has 1 saturated heterocycles. The molecular weight excluding hydrogens is 470 g/mol. The number of aromatic nitrogens is 3. The maximum atomic E-state index is 13.7. The molecule has 6 rings (SSSR count). The summed E-state index contributed by atoms with van der Waals surface area (Å²) in [6.07, 6.45) is 4.46. The van der Waals surface area contributed by atoms with E-state index < -0.39 is 6.10 Å². The average molecular weight is 496 g/mol. The van der Waals surface area contributed by atoms with Gasteiger partial charge in [0.1, 0.15) is 12.3 Å². The summed E-state index contributed by atoms with van der Waals surface area (Å²) in [5.74, 6) is 0.954. The first kappa shape index (κ1) is 22.8. The van der Waals surface area contributed by atoms with Gasteiger partial charge in [0.15, 0.2) is 11.5 Å². The van der Waals surface area contributed by atoms with Crippen molar-refractivity contribution < 1.29 is 19.1 Å². The second kappa shape index (κ2) is 9.77. The zero-order valence-corrected chi connectivity index (χ0v) is 20.1. The van der Waals surface area contributed by atoms with Gasteiger partial charge in [0.2, 0.25) is 6.10 Å². The second-order valence-corrected chi connectivity index (χ2v) is 8.89. The summed E-state index contributed by atoms with van der Waals surface area (Å²) in [5, 5.41) is 4.72. The Balaban J connectivity index is 1.17. The summed E-state index contributed by atoms with van der Waals surface area (Å²) >= 11 is 0. The third-order valence-electron chi connectivity index (χ3n) is 6.56. The van der Waals surface area contributed by atoms with Crippen molar-refractivity contribution in [2.24, 2.45) is 0 Å². The van der Waals surface area contributed by atoms with Crippen LogP contribution in [0.5, 0.6) is 11.5 Å². The number of hydrogen-bond acceptors (Lipinski definition) is 6. The van der Waals surface area contributed by atoms with E-state index >= 15 is 0 Å². The van der Waals surface area contributed by atoms with Crippen molar-refractivity contribution >= 4 is 11.8 Å². The third kappa shape index (κ3) is 4.51. The Hall–Kier alpha value is -4.66. The number of benzene rings is 2. The lowest BCUT2D eigenvalue weighted by atomic mass is 10.1. The smallest absolute Gasteiger partial charge is 0.267 e. The van der Waals surface area contributed by atoms with Crippen LogP contribution < -0.4 is 9.47 Å². The van der Waals surface area contributed by atoms with Crippen molar-refractivity contribution in [3.63, 3.8) is 0 Å². The maximum Gasteiger partial charge on any atom is 0.267 e. The Bertz CT molecular complexity index is 1420. The number of pyridine rings is 1. The molecular formula is C28H25N5O4. The molecule has 2 amide bonds. The molecule has 1 atom stereocenters. The first-order valence-corrected chi connectivity index (χ1v) is 12.2. The number of para-hydroxylation sites is 3. The Morgan fingerprint density at radius 1 is 0.838 bits per heavy atom. The SMILES string of the molecule is O=C(c1cn(-c2ccccc2)nc1-c1cccnc1)N1CCN(C(=O)[C@H]2COc3ccccc3O2)CC1. The number of nitrogens with zero attached hydrogens (tertiary/aromatic N) is 5. The Kier molecular flexibility index (Phi) is 6.02. The molecule has 2 aromatic heterocycles. The monoisotopic (exact) mass is 495 g/mol. The number of amides is 2. The molecule has 186 valence electrons. The summed E-state index contributed by atoms with van der Waals surface area (Å²) in [6.45, 7) is 1.83. The van der Waals surface area contributed by atoms with Crippen LogP contribution in [0.25, 0.3) is 16.9 Å². The second-order valence-electron chi connectivity index (χ2n) is 8.89. The molecule has 0 N–H and O–H groups in total. The maximum absolute atomic E-state index is 13.7. The van der Waals surface area contributed by atoms with E-state index in [4.69, 9.17) is 14.6 Å². The van der Waals surface area contributed by atoms with E-state index in [2.05, 4.69) is 4.98 Å². The number of piperazine rings is 1. The minimum atomic E-state index is -0.696. The Labute approximate surface area is 213 Å². The zero-order valence-electron chi connectivity index (χ0n) is 20.1. The van der Waals surface area contributed by atoms with Crippen LogP contribution >= 0.6 is 0 Å². The van der Waals surface area contributed by atoms with Crippen LogP contribution in [0, 0.1) is 0 Å². The van der Waals surface area contributed by atoms with Gasteiger partial charge in [-0.3, -0.25) is 14.6 Å². The minimum absolute atomic E-state index is 0.126. The molecule has 0 radical (unpaired) electrons. The molecule has 0 aliphatic carbocycles. The van der Waals surface area contributed by atoms with Crippen LogP contribution in [0.15, 0.2) is 85.3 Å². The number of fused-ring (bicyclic) bond motifs is 1. The molecule has 4 aromatic rings. The number of hydrogen-bond donors (Lipinski definition) is 0. The normalized spacial score (nSPS) is 16.9. The summed E-state index contributed by atoms with van der Waals surface area (Å²) in [6, 6.07) is 20.7. The summed E-state index contributed by atoms with van der Waals surface area (Å²) in [5.41, 5.74) is 2.70. The van der Waals surface area contributed by atoms with Gasteiger partial charge < -0.3 is 19.3 Å². The highest BCUT2D eigenvalue weighted by Gasteiger charge is 2.34. The van der Waals surface area contributed by atoms with E-state index in [0.29, 0.717) is 48.9 Å². The van der Waals surface area contributed by atoms with Gasteiger partial charge in [-0.1, -0.05) is 30.3 Å². The fraction of sp³-hybridized carbons (Fsp3) is 0.214. The van der Waals surface area contributed by atoms with Crippen molar-refractivity contribution in [1.82, 2.24) is 24.6 Å². The molecule has 9 heteroatoms. The van der Waals surface area contributed by atoms with Crippen molar-refractivity contribution in [1.29, 1.82) is 0 Å². The van der Waals surface area contributed by atoms with Gasteiger partial charge >= 0.3 is 0 Å². The summed E-state index contributed by atoms with van der Waals surface area (Å²) in [7, 11) is 0. The van der Waals surface area contributed by atoms with Gasteiger partial charge in [0.25, 0.3) is 11.8 Å². The number of ether oxygens (including phenoxy) is 2. The molecule has 0 spiro atoms. The van der Waals surface area contributed by atoms with E-state index in [1.165, 1.54) is 0 Å². The van der Waals surface area contributed by atoms with Crippen molar-refractivity contribution in [2.45, 2.75) is 6.10 Å². The number of rotatable bonds is 4. The molecule has 2 aromatic carbocycles. The average Bonchev–Trinajstić information content (AvgIpc) is 3.43. The highest BCUT2D eigenvalue weighted by atomic mass is 16.6. The number of carbonyl (C=O) groups is 2. The highest BCUT2D eigenvalue weighted by Crippen LogP contribution is 2.31. The van der Waals surface area contributed by atoms with Crippen molar-refractivity contribution in [2.75, 3.05) is 32.8 Å². The van der Waals surface area contributed by atoms with E-state index in [9.17, 15) is 9.59 Å². The van der Waals surface area contributed by atoms with Gasteiger partial charge in [0.05, 0.1) is 11.3 Å². The molecule has 2 aliphatic rings. The quantitative estimate of drug-likeness (QED) is 0.432. The van der Waals surface area contributed by atoms with Gasteiger partial charge in [-0.05, 0) is 36.4 Å². The zero-order chi connectivity index (χ0) is 25.2. The minimum Gasteiger partial charge on any atom is -0.485 e. The van der Waals surface area contributed by atoms with Crippen LogP contribution in [0.1, 0.15) is 10.4 Å². The lowest BCUT2D eigenvalue weighted by molar-refractivity contribution is -0.142. The van der Waals surface area contributed by atoms with Crippen LogP contribution in [-0.4, -0.2) is 75.3 Å². The van der Waals surface area contributed by atoms with E-state index in [1.807, 2.05) is 60.7 Å². The standard InChI is InChI=1S/C28H25N5O4/c34-27(22-18-33(21-8-2-1-3-9-21)30-26(22)20-7-6-12-29-17-20)31-13-15-32(16-14-31)28(35)25-19-36-23-10-4-5-11-24(23)37-25/h1-12,17-18,25H,13-16,19H2/t25-/m1/s1. The number of carbonyl (C=O) groups excluding carboxylic acids is 2. The lowest BCUT2D eigenvalue weighted by Crippen LogP contribution is -2.55. The Morgan fingerprint density at radius 3 is 2.32 bits per heavy atom. The molecule has 1 fully saturated rings. The molecule has 0 unspecified atom stereocenters. The summed E-state index contributed by atoms with van der Waals surface area (Å²) in [4.78, 5) is 34.5. The molecule has 9 nitrogen and oxygen atoms in total. The predicted molar refractivity (Wildman–Crippen MR) is 136 cm³/mol. The van der Waals surface area contributed by atoms with Gasteiger partial charge in [-0.2, -0.15) is 5.10 Å². The molecule has 4 heterocycles. The van der Waals surface area contributed by atoms with Crippen LogP contribution in [0.2, 0.25) is 0 Å². The van der Waals surface area contributed by atoms with E-state index in [-0.39, 0.29) is 18.4 Å². The molecule has 37 heavy (non-hydrogen) atoms. The van der Waals surface area contributed by atoms with E-state index in [1.54, 1.807) is 39.1 Å².